The number of likely N-dealkylation sites (N-methyl/N-ethyl adjacent to an activating group) is 2. The molecule has 0 aliphatic carbocycles. The molecular weight excluding hydrogens is 246 g/mol. The summed E-state index contributed by atoms with van der Waals surface area (Å²) in [6, 6.07) is 0.266. The van der Waals surface area contributed by atoms with Gasteiger partial charge in [0, 0.05) is 36.7 Å². The second-order valence-electron chi connectivity index (χ2n) is 5.14. The van der Waals surface area contributed by atoms with Crippen LogP contribution in [0.3, 0.4) is 0 Å². The molecule has 98 valence electrons. The van der Waals surface area contributed by atoms with E-state index in [1.807, 2.05) is 11.8 Å². The number of rotatable bonds is 1. The van der Waals surface area contributed by atoms with Gasteiger partial charge in [-0.2, -0.15) is 11.8 Å². The minimum absolute atomic E-state index is 0.266. The molecule has 2 aliphatic rings. The molecule has 1 unspecified atom stereocenters. The van der Waals surface area contributed by atoms with Crippen molar-refractivity contribution in [2.75, 3.05) is 39.5 Å². The van der Waals surface area contributed by atoms with Crippen LogP contribution in [-0.2, 0) is 11.5 Å². The number of nitrogens with two attached hydrogens (primary N) is 1. The van der Waals surface area contributed by atoms with Crippen molar-refractivity contribution in [3.8, 4) is 0 Å². The van der Waals surface area contributed by atoms with Crippen LogP contribution in [0.2, 0.25) is 0 Å². The lowest BCUT2D eigenvalue weighted by Gasteiger charge is -2.36. The second-order valence-corrected chi connectivity index (χ2v) is 6.13. The van der Waals surface area contributed by atoms with Gasteiger partial charge in [0.1, 0.15) is 11.6 Å². The van der Waals surface area contributed by atoms with E-state index in [0.29, 0.717) is 5.82 Å². The maximum Gasteiger partial charge on any atom is 0.149 e. The van der Waals surface area contributed by atoms with Crippen molar-refractivity contribution in [2.24, 2.45) is 0 Å². The van der Waals surface area contributed by atoms with Gasteiger partial charge in [-0.05, 0) is 14.1 Å². The third-order valence-electron chi connectivity index (χ3n) is 3.78. The van der Waals surface area contributed by atoms with E-state index in [9.17, 15) is 0 Å². The van der Waals surface area contributed by atoms with Crippen molar-refractivity contribution < 1.29 is 0 Å². The number of nitrogens with zero attached hydrogens (tertiary/aromatic N) is 4. The van der Waals surface area contributed by atoms with Gasteiger partial charge in [-0.15, -0.1) is 0 Å². The lowest BCUT2D eigenvalue weighted by molar-refractivity contribution is 0.109. The van der Waals surface area contributed by atoms with E-state index >= 15 is 0 Å². The van der Waals surface area contributed by atoms with E-state index in [4.69, 9.17) is 10.7 Å². The zero-order chi connectivity index (χ0) is 12.7. The SMILES string of the molecule is CN1CCN(C)C(c2nc(N)c3c(n2)CSC3)C1. The Balaban J connectivity index is 1.94. The molecule has 5 nitrogen and oxygen atoms in total. The summed E-state index contributed by atoms with van der Waals surface area (Å²) in [6.45, 7) is 3.13. The van der Waals surface area contributed by atoms with Gasteiger partial charge in [-0.3, -0.25) is 4.90 Å². The molecule has 1 aromatic heterocycles. The van der Waals surface area contributed by atoms with Crippen molar-refractivity contribution >= 4 is 17.6 Å². The lowest BCUT2D eigenvalue weighted by Crippen LogP contribution is -2.45. The molecule has 1 saturated heterocycles. The van der Waals surface area contributed by atoms with E-state index in [-0.39, 0.29) is 6.04 Å². The molecule has 1 fully saturated rings. The van der Waals surface area contributed by atoms with Crippen LogP contribution < -0.4 is 5.73 Å². The number of hydrogen-bond acceptors (Lipinski definition) is 6. The summed E-state index contributed by atoms with van der Waals surface area (Å²) < 4.78 is 0. The number of anilines is 1. The quantitative estimate of drug-likeness (QED) is 0.807. The molecule has 0 amide bonds. The smallest absolute Gasteiger partial charge is 0.149 e. The highest BCUT2D eigenvalue weighted by Crippen LogP contribution is 2.33. The molecule has 0 radical (unpaired) electrons. The number of thioether (sulfide) groups is 1. The molecule has 3 heterocycles. The average Bonchev–Trinajstić information content (AvgIpc) is 2.81. The van der Waals surface area contributed by atoms with E-state index < -0.39 is 0 Å². The zero-order valence-corrected chi connectivity index (χ0v) is 11.7. The van der Waals surface area contributed by atoms with Crippen molar-refractivity contribution in [1.82, 2.24) is 19.8 Å². The Morgan fingerprint density at radius 1 is 1.22 bits per heavy atom. The van der Waals surface area contributed by atoms with Gasteiger partial charge in [0.05, 0.1) is 11.7 Å². The van der Waals surface area contributed by atoms with Crippen LogP contribution in [0.25, 0.3) is 0 Å². The van der Waals surface area contributed by atoms with Crippen LogP contribution in [0, 0.1) is 0 Å². The van der Waals surface area contributed by atoms with Gasteiger partial charge >= 0.3 is 0 Å². The highest BCUT2D eigenvalue weighted by atomic mass is 32.2. The van der Waals surface area contributed by atoms with E-state index in [0.717, 1.165) is 48.2 Å². The topological polar surface area (TPSA) is 58.3 Å². The van der Waals surface area contributed by atoms with Gasteiger partial charge in [0.2, 0.25) is 0 Å². The van der Waals surface area contributed by atoms with Gasteiger partial charge < -0.3 is 10.6 Å². The first-order valence-electron chi connectivity index (χ1n) is 6.27. The number of hydrogen-bond donors (Lipinski definition) is 1. The molecular formula is C12H19N5S. The van der Waals surface area contributed by atoms with Gasteiger partial charge in [0.25, 0.3) is 0 Å². The fourth-order valence-corrected chi connectivity index (χ4v) is 3.59. The third-order valence-corrected chi connectivity index (χ3v) is 4.75. The summed E-state index contributed by atoms with van der Waals surface area (Å²) >= 11 is 1.87. The summed E-state index contributed by atoms with van der Waals surface area (Å²) in [5.41, 5.74) is 8.35. The number of aromatic nitrogens is 2. The number of nitrogen functional groups attached to an aromatic ring is 1. The van der Waals surface area contributed by atoms with Gasteiger partial charge in [-0.1, -0.05) is 0 Å². The molecule has 18 heavy (non-hydrogen) atoms. The molecule has 1 atom stereocenters. The minimum Gasteiger partial charge on any atom is -0.383 e. The molecule has 1 aromatic rings. The van der Waals surface area contributed by atoms with Crippen LogP contribution in [-0.4, -0.2) is 53.5 Å². The third kappa shape index (κ3) is 2.08. The van der Waals surface area contributed by atoms with Crippen molar-refractivity contribution in [1.29, 1.82) is 0 Å². The summed E-state index contributed by atoms with van der Waals surface area (Å²) in [5.74, 6) is 3.51. The van der Waals surface area contributed by atoms with E-state index in [2.05, 4.69) is 28.9 Å². The molecule has 2 N–H and O–H groups in total. The predicted molar refractivity (Wildman–Crippen MR) is 74.3 cm³/mol. The van der Waals surface area contributed by atoms with Gasteiger partial charge in [-0.25, -0.2) is 9.97 Å². The van der Waals surface area contributed by atoms with E-state index in [1.54, 1.807) is 0 Å². The Kier molecular flexibility index (Phi) is 3.17. The average molecular weight is 265 g/mol. The fraction of sp³-hybridized carbons (Fsp3) is 0.667. The summed E-state index contributed by atoms with van der Waals surface area (Å²) in [4.78, 5) is 13.9. The van der Waals surface area contributed by atoms with Crippen molar-refractivity contribution in [2.45, 2.75) is 17.5 Å². The van der Waals surface area contributed by atoms with Crippen molar-refractivity contribution in [3.63, 3.8) is 0 Å². The standard InChI is InChI=1S/C12H19N5S/c1-16-3-4-17(2)10(5-16)12-14-9-7-18-6-8(9)11(13)15-12/h10H,3-7H2,1-2H3,(H2,13,14,15). The summed E-state index contributed by atoms with van der Waals surface area (Å²) in [6.07, 6.45) is 0. The highest BCUT2D eigenvalue weighted by molar-refractivity contribution is 7.98. The largest absolute Gasteiger partial charge is 0.383 e. The molecule has 0 bridgehead atoms. The fourth-order valence-electron chi connectivity index (χ4n) is 2.53. The Morgan fingerprint density at radius 3 is 2.89 bits per heavy atom. The normalized spacial score (nSPS) is 25.3. The first kappa shape index (κ1) is 12.2. The molecule has 3 rings (SSSR count). The maximum absolute atomic E-state index is 6.06. The predicted octanol–water partition coefficient (Wildman–Crippen LogP) is 0.724. The molecule has 0 saturated carbocycles. The van der Waals surface area contributed by atoms with Crippen LogP contribution >= 0.6 is 11.8 Å². The van der Waals surface area contributed by atoms with Crippen molar-refractivity contribution in [3.05, 3.63) is 17.1 Å². The molecule has 2 aliphatic heterocycles. The lowest BCUT2D eigenvalue weighted by atomic mass is 10.1. The maximum atomic E-state index is 6.06. The Morgan fingerprint density at radius 2 is 2.06 bits per heavy atom. The first-order valence-corrected chi connectivity index (χ1v) is 7.42. The molecule has 0 spiro atoms. The van der Waals surface area contributed by atoms with Crippen LogP contribution in [0.15, 0.2) is 0 Å². The monoisotopic (exact) mass is 265 g/mol. The highest BCUT2D eigenvalue weighted by Gasteiger charge is 2.28. The van der Waals surface area contributed by atoms with Crippen LogP contribution in [0.1, 0.15) is 23.1 Å². The molecule has 6 heteroatoms. The number of fused-ring (bicyclic) bond motifs is 1. The van der Waals surface area contributed by atoms with Crippen LogP contribution in [0.5, 0.6) is 0 Å². The Labute approximate surface area is 112 Å². The second kappa shape index (κ2) is 4.68. The molecule has 0 aromatic carbocycles. The number of piperazine rings is 1. The van der Waals surface area contributed by atoms with Crippen LogP contribution in [0.4, 0.5) is 5.82 Å². The summed E-state index contributed by atoms with van der Waals surface area (Å²) in [5, 5.41) is 0. The Bertz CT molecular complexity index is 464. The van der Waals surface area contributed by atoms with Gasteiger partial charge in [0.15, 0.2) is 0 Å². The minimum atomic E-state index is 0.266. The first-order chi connectivity index (χ1) is 8.65. The zero-order valence-electron chi connectivity index (χ0n) is 10.9. The Hall–Kier alpha value is -0.850. The van der Waals surface area contributed by atoms with E-state index in [1.165, 1.54) is 0 Å². The summed E-state index contributed by atoms with van der Waals surface area (Å²) in [7, 11) is 4.28.